The van der Waals surface area contributed by atoms with Crippen LogP contribution in [0.3, 0.4) is 0 Å². The molecule has 108 valence electrons. The maximum absolute atomic E-state index is 6.20. The topological polar surface area (TPSA) is 17.8 Å². The van der Waals surface area contributed by atoms with Crippen molar-refractivity contribution in [2.75, 3.05) is 5.88 Å². The van der Waals surface area contributed by atoms with Crippen molar-refractivity contribution in [3.63, 3.8) is 0 Å². The first-order valence-corrected chi connectivity index (χ1v) is 8.24. The van der Waals surface area contributed by atoms with Crippen molar-refractivity contribution in [3.8, 4) is 0 Å². The van der Waals surface area contributed by atoms with Crippen molar-refractivity contribution in [2.24, 2.45) is 7.05 Å². The number of alkyl halides is 1. The lowest BCUT2D eigenvalue weighted by Gasteiger charge is -2.13. The second-order valence-corrected chi connectivity index (χ2v) is 6.42. The molecule has 2 nitrogen and oxygen atoms in total. The molecule has 0 saturated carbocycles. The molecule has 3 aromatic rings. The molecule has 0 saturated heterocycles. The molecule has 1 heterocycles. The minimum atomic E-state index is 0.276. The van der Waals surface area contributed by atoms with Crippen LogP contribution in [-0.2, 0) is 13.5 Å². The summed E-state index contributed by atoms with van der Waals surface area (Å²) in [7, 11) is 1.99. The number of aryl methyl sites for hydroxylation is 1. The van der Waals surface area contributed by atoms with Gasteiger partial charge in [-0.3, -0.25) is 4.68 Å². The number of rotatable bonds is 4. The third-order valence-electron chi connectivity index (χ3n) is 3.80. The van der Waals surface area contributed by atoms with Crippen LogP contribution in [0.5, 0.6) is 0 Å². The molecular weight excluding hydrogens is 348 g/mol. The first kappa shape index (κ1) is 14.6. The predicted molar refractivity (Wildman–Crippen MR) is 92.0 cm³/mol. The lowest BCUT2D eigenvalue weighted by Crippen LogP contribution is -2.06. The van der Waals surface area contributed by atoms with Crippen molar-refractivity contribution < 1.29 is 0 Å². The predicted octanol–water partition coefficient (Wildman–Crippen LogP) is 4.90. The third-order valence-corrected chi connectivity index (χ3v) is 4.70. The fourth-order valence-corrected chi connectivity index (χ4v) is 3.22. The Balaban J connectivity index is 1.94. The van der Waals surface area contributed by atoms with Crippen LogP contribution < -0.4 is 0 Å². The fraction of sp³-hybridized carbons (Fsp3) is 0.235. The molecular formula is C17H16BrClN2. The lowest BCUT2D eigenvalue weighted by atomic mass is 9.95. The molecule has 0 spiro atoms. The van der Waals surface area contributed by atoms with E-state index in [1.165, 1.54) is 10.9 Å². The summed E-state index contributed by atoms with van der Waals surface area (Å²) in [5, 5.41) is 5.88. The minimum Gasteiger partial charge on any atom is -0.268 e. The van der Waals surface area contributed by atoms with E-state index in [1.54, 1.807) is 0 Å². The zero-order valence-electron chi connectivity index (χ0n) is 11.8. The number of para-hydroxylation sites is 1. The average molecular weight is 364 g/mol. The molecule has 0 fully saturated rings. The van der Waals surface area contributed by atoms with E-state index in [1.807, 2.05) is 17.8 Å². The van der Waals surface area contributed by atoms with E-state index >= 15 is 0 Å². The van der Waals surface area contributed by atoms with Crippen molar-refractivity contribution in [3.05, 3.63) is 64.3 Å². The zero-order chi connectivity index (χ0) is 14.8. The van der Waals surface area contributed by atoms with Gasteiger partial charge in [0.2, 0.25) is 0 Å². The van der Waals surface area contributed by atoms with Crippen LogP contribution in [0.2, 0.25) is 0 Å². The monoisotopic (exact) mass is 362 g/mol. The Morgan fingerprint density at radius 2 is 1.86 bits per heavy atom. The summed E-state index contributed by atoms with van der Waals surface area (Å²) >= 11 is 9.67. The SMILES string of the molecule is Cn1nc(CC(CCl)c2ccc(Br)cc2)c2ccccc21. The van der Waals surface area contributed by atoms with Gasteiger partial charge in [-0.1, -0.05) is 46.3 Å². The molecule has 0 radical (unpaired) electrons. The van der Waals surface area contributed by atoms with Gasteiger partial charge in [0.25, 0.3) is 0 Å². The molecule has 3 rings (SSSR count). The largest absolute Gasteiger partial charge is 0.268 e. The van der Waals surface area contributed by atoms with Crippen LogP contribution >= 0.6 is 27.5 Å². The normalized spacial score (nSPS) is 12.7. The Bertz CT molecular complexity index is 749. The van der Waals surface area contributed by atoms with Gasteiger partial charge in [0.15, 0.2) is 0 Å². The highest BCUT2D eigenvalue weighted by atomic mass is 79.9. The molecule has 1 aromatic heterocycles. The Labute approximate surface area is 137 Å². The van der Waals surface area contributed by atoms with Crippen LogP contribution in [-0.4, -0.2) is 15.7 Å². The van der Waals surface area contributed by atoms with Gasteiger partial charge < -0.3 is 0 Å². The Hall–Kier alpha value is -1.32. The van der Waals surface area contributed by atoms with Gasteiger partial charge in [-0.15, -0.1) is 11.6 Å². The molecule has 1 unspecified atom stereocenters. The molecule has 0 aliphatic carbocycles. The molecule has 0 amide bonds. The number of aromatic nitrogens is 2. The maximum Gasteiger partial charge on any atom is 0.0709 e. The number of fused-ring (bicyclic) bond motifs is 1. The molecule has 21 heavy (non-hydrogen) atoms. The summed E-state index contributed by atoms with van der Waals surface area (Å²) in [6.07, 6.45) is 0.854. The fourth-order valence-electron chi connectivity index (χ4n) is 2.67. The summed E-state index contributed by atoms with van der Waals surface area (Å²) in [5.74, 6) is 0.866. The van der Waals surface area contributed by atoms with E-state index in [4.69, 9.17) is 11.6 Å². The van der Waals surface area contributed by atoms with Gasteiger partial charge >= 0.3 is 0 Å². The highest BCUT2D eigenvalue weighted by Crippen LogP contribution is 2.27. The zero-order valence-corrected chi connectivity index (χ0v) is 14.1. The molecule has 4 heteroatoms. The number of benzene rings is 2. The maximum atomic E-state index is 6.20. The van der Waals surface area contributed by atoms with E-state index in [-0.39, 0.29) is 5.92 Å². The smallest absolute Gasteiger partial charge is 0.0709 e. The molecule has 0 N–H and O–H groups in total. The molecule has 0 aliphatic heterocycles. The summed E-state index contributed by atoms with van der Waals surface area (Å²) in [6.45, 7) is 0. The second kappa shape index (κ2) is 6.20. The van der Waals surface area contributed by atoms with Gasteiger partial charge in [-0.05, 0) is 23.8 Å². The summed E-state index contributed by atoms with van der Waals surface area (Å²) in [6, 6.07) is 16.7. The first-order valence-electron chi connectivity index (χ1n) is 6.91. The summed E-state index contributed by atoms with van der Waals surface area (Å²) in [5.41, 5.74) is 3.53. The first-order chi connectivity index (χ1) is 10.2. The quantitative estimate of drug-likeness (QED) is 0.603. The van der Waals surface area contributed by atoms with Gasteiger partial charge in [-0.25, -0.2) is 0 Å². The van der Waals surface area contributed by atoms with Crippen LogP contribution in [0, 0.1) is 0 Å². The van der Waals surface area contributed by atoms with E-state index < -0.39 is 0 Å². The standard InChI is InChI=1S/C17H16BrClN2/c1-21-17-5-3-2-4-15(17)16(20-21)10-13(11-19)12-6-8-14(18)9-7-12/h2-9,13H,10-11H2,1H3. The van der Waals surface area contributed by atoms with Crippen molar-refractivity contribution in [1.82, 2.24) is 9.78 Å². The van der Waals surface area contributed by atoms with E-state index in [0.717, 1.165) is 22.1 Å². The molecule has 0 bridgehead atoms. The number of hydrogen-bond donors (Lipinski definition) is 0. The van der Waals surface area contributed by atoms with E-state index in [0.29, 0.717) is 5.88 Å². The third kappa shape index (κ3) is 2.99. The van der Waals surface area contributed by atoms with Crippen molar-refractivity contribution in [1.29, 1.82) is 0 Å². The lowest BCUT2D eigenvalue weighted by molar-refractivity contribution is 0.708. The number of hydrogen-bond acceptors (Lipinski definition) is 1. The number of halogens is 2. The Kier molecular flexibility index (Phi) is 4.32. The van der Waals surface area contributed by atoms with Crippen LogP contribution in [0.4, 0.5) is 0 Å². The highest BCUT2D eigenvalue weighted by Gasteiger charge is 2.16. The Morgan fingerprint density at radius 1 is 1.14 bits per heavy atom. The minimum absolute atomic E-state index is 0.276. The van der Waals surface area contributed by atoms with Gasteiger partial charge in [0.05, 0.1) is 11.2 Å². The molecule has 0 aliphatic rings. The summed E-state index contributed by atoms with van der Waals surface area (Å²) < 4.78 is 3.03. The van der Waals surface area contributed by atoms with E-state index in [9.17, 15) is 0 Å². The van der Waals surface area contributed by atoms with Crippen LogP contribution in [0.1, 0.15) is 17.2 Å². The van der Waals surface area contributed by atoms with Crippen LogP contribution in [0.15, 0.2) is 53.0 Å². The van der Waals surface area contributed by atoms with Crippen molar-refractivity contribution >= 4 is 38.4 Å². The highest BCUT2D eigenvalue weighted by molar-refractivity contribution is 9.10. The molecule has 1 atom stereocenters. The van der Waals surface area contributed by atoms with E-state index in [2.05, 4.69) is 63.5 Å². The summed E-state index contributed by atoms with van der Waals surface area (Å²) in [4.78, 5) is 0. The second-order valence-electron chi connectivity index (χ2n) is 5.19. The van der Waals surface area contributed by atoms with Gasteiger partial charge in [-0.2, -0.15) is 5.10 Å². The van der Waals surface area contributed by atoms with Gasteiger partial charge in [0.1, 0.15) is 0 Å². The van der Waals surface area contributed by atoms with Crippen molar-refractivity contribution in [2.45, 2.75) is 12.3 Å². The molecule has 2 aromatic carbocycles. The Morgan fingerprint density at radius 3 is 2.57 bits per heavy atom. The number of nitrogens with zero attached hydrogens (tertiary/aromatic N) is 2. The van der Waals surface area contributed by atoms with Gasteiger partial charge in [0, 0.05) is 35.1 Å². The average Bonchev–Trinajstić information content (AvgIpc) is 2.83. The van der Waals surface area contributed by atoms with Crippen LogP contribution in [0.25, 0.3) is 10.9 Å².